The molecule has 4 nitrogen and oxygen atoms in total. The topological polar surface area (TPSA) is 62.2 Å². The van der Waals surface area contributed by atoms with Gasteiger partial charge in [-0.3, -0.25) is 0 Å². The van der Waals surface area contributed by atoms with Crippen molar-refractivity contribution in [3.8, 4) is 0 Å². The molecular formula is C14H20N2O2. The summed E-state index contributed by atoms with van der Waals surface area (Å²) < 4.78 is 0. The minimum absolute atomic E-state index is 0.297. The molecule has 0 aliphatic heterocycles. The number of pyridine rings is 1. The zero-order valence-corrected chi connectivity index (χ0v) is 11.2. The average Bonchev–Trinajstić information content (AvgIpc) is 2.85. The van der Waals surface area contributed by atoms with E-state index in [2.05, 4.69) is 31.1 Å². The molecule has 1 aromatic heterocycles. The third-order valence-electron chi connectivity index (χ3n) is 3.47. The van der Waals surface area contributed by atoms with Crippen molar-refractivity contribution in [3.63, 3.8) is 0 Å². The van der Waals surface area contributed by atoms with Gasteiger partial charge in [-0.15, -0.1) is 0 Å². The first-order chi connectivity index (χ1) is 8.42. The van der Waals surface area contributed by atoms with Crippen LogP contribution in [0, 0.1) is 5.41 Å². The fourth-order valence-electron chi connectivity index (χ4n) is 2.06. The lowest BCUT2D eigenvalue weighted by Crippen LogP contribution is -2.12. The van der Waals surface area contributed by atoms with E-state index in [1.165, 1.54) is 0 Å². The maximum Gasteiger partial charge on any atom is 0.335 e. The first-order valence-corrected chi connectivity index (χ1v) is 6.43. The summed E-state index contributed by atoms with van der Waals surface area (Å²) in [5.74, 6) is -0.207. The summed E-state index contributed by atoms with van der Waals surface area (Å²) in [7, 11) is 0. The Morgan fingerprint density at radius 1 is 1.56 bits per heavy atom. The number of anilines is 1. The molecule has 4 heteroatoms. The molecule has 1 saturated carbocycles. The van der Waals surface area contributed by atoms with Crippen LogP contribution >= 0.6 is 0 Å². The Balaban J connectivity index is 2.20. The molecular weight excluding hydrogens is 228 g/mol. The van der Waals surface area contributed by atoms with Crippen molar-refractivity contribution in [2.45, 2.75) is 46.1 Å². The minimum atomic E-state index is -0.895. The Labute approximate surface area is 107 Å². The first-order valence-electron chi connectivity index (χ1n) is 6.43. The Morgan fingerprint density at radius 2 is 2.22 bits per heavy atom. The number of nitrogens with one attached hydrogen (secondary N) is 1. The standard InChI is InChI=1S/C14H20N2O2/c1-4-5-10-6-9(13(17)18)7-12(15-10)16-11-8-14(11,2)3/h6-7,11H,4-5,8H2,1-3H3,(H,15,16)(H,17,18). The van der Waals surface area contributed by atoms with Crippen LogP contribution < -0.4 is 5.32 Å². The van der Waals surface area contributed by atoms with Crippen molar-refractivity contribution in [2.24, 2.45) is 5.41 Å². The van der Waals surface area contributed by atoms with E-state index >= 15 is 0 Å². The third-order valence-corrected chi connectivity index (χ3v) is 3.47. The number of aryl methyl sites for hydroxylation is 1. The van der Waals surface area contributed by atoms with Crippen molar-refractivity contribution < 1.29 is 9.90 Å². The Hall–Kier alpha value is -1.58. The zero-order chi connectivity index (χ0) is 13.3. The summed E-state index contributed by atoms with van der Waals surface area (Å²) in [6, 6.07) is 3.69. The lowest BCUT2D eigenvalue weighted by atomic mass is 10.1. The molecule has 2 rings (SSSR count). The SMILES string of the molecule is CCCc1cc(C(=O)O)cc(NC2CC2(C)C)n1. The van der Waals surface area contributed by atoms with Crippen molar-refractivity contribution in [1.82, 2.24) is 4.98 Å². The van der Waals surface area contributed by atoms with E-state index in [-0.39, 0.29) is 0 Å². The van der Waals surface area contributed by atoms with Gasteiger partial charge in [0.05, 0.1) is 5.56 Å². The largest absolute Gasteiger partial charge is 0.478 e. The van der Waals surface area contributed by atoms with Gasteiger partial charge in [0.15, 0.2) is 0 Å². The summed E-state index contributed by atoms with van der Waals surface area (Å²) in [6.07, 6.45) is 2.88. The molecule has 1 fully saturated rings. The van der Waals surface area contributed by atoms with Gasteiger partial charge in [-0.05, 0) is 30.4 Å². The van der Waals surface area contributed by atoms with E-state index in [1.54, 1.807) is 12.1 Å². The second-order valence-corrected chi connectivity index (χ2v) is 5.68. The van der Waals surface area contributed by atoms with Gasteiger partial charge in [0, 0.05) is 11.7 Å². The highest BCUT2D eigenvalue weighted by Gasteiger charge is 2.45. The third kappa shape index (κ3) is 2.81. The van der Waals surface area contributed by atoms with Crippen molar-refractivity contribution in [2.75, 3.05) is 5.32 Å². The van der Waals surface area contributed by atoms with Crippen LogP contribution in [-0.2, 0) is 6.42 Å². The summed E-state index contributed by atoms with van der Waals surface area (Å²) >= 11 is 0. The predicted octanol–water partition coefficient (Wildman–Crippen LogP) is 2.94. The number of carboxylic acids is 1. The predicted molar refractivity (Wildman–Crippen MR) is 71.0 cm³/mol. The average molecular weight is 248 g/mol. The smallest absolute Gasteiger partial charge is 0.335 e. The summed E-state index contributed by atoms with van der Waals surface area (Å²) in [4.78, 5) is 15.6. The highest BCUT2D eigenvalue weighted by molar-refractivity contribution is 5.88. The molecule has 1 heterocycles. The quantitative estimate of drug-likeness (QED) is 0.841. The van der Waals surface area contributed by atoms with Gasteiger partial charge in [0.2, 0.25) is 0 Å². The number of carbonyl (C=O) groups is 1. The number of aromatic nitrogens is 1. The van der Waals surface area contributed by atoms with Crippen LogP contribution in [0.4, 0.5) is 5.82 Å². The second-order valence-electron chi connectivity index (χ2n) is 5.68. The Bertz CT molecular complexity index is 469. The maximum atomic E-state index is 11.1. The lowest BCUT2D eigenvalue weighted by molar-refractivity contribution is 0.0696. The molecule has 0 radical (unpaired) electrons. The highest BCUT2D eigenvalue weighted by atomic mass is 16.4. The summed E-state index contributed by atoms with van der Waals surface area (Å²) in [5, 5.41) is 12.4. The molecule has 18 heavy (non-hydrogen) atoms. The number of aromatic carboxylic acids is 1. The van der Waals surface area contributed by atoms with Gasteiger partial charge < -0.3 is 10.4 Å². The van der Waals surface area contributed by atoms with E-state index in [9.17, 15) is 4.79 Å². The van der Waals surface area contributed by atoms with Crippen molar-refractivity contribution >= 4 is 11.8 Å². The Kier molecular flexibility index (Phi) is 3.28. The molecule has 1 unspecified atom stereocenters. The fraction of sp³-hybridized carbons (Fsp3) is 0.571. The molecule has 0 amide bonds. The minimum Gasteiger partial charge on any atom is -0.478 e. The molecule has 1 aromatic rings. The van der Waals surface area contributed by atoms with Crippen LogP contribution in [0.2, 0.25) is 0 Å². The van der Waals surface area contributed by atoms with E-state index in [0.29, 0.717) is 22.8 Å². The van der Waals surface area contributed by atoms with Gasteiger partial charge in [-0.25, -0.2) is 9.78 Å². The normalized spacial score (nSPS) is 20.5. The summed E-state index contributed by atoms with van der Waals surface area (Å²) in [6.45, 7) is 6.45. The second kappa shape index (κ2) is 4.59. The molecule has 1 aliphatic rings. The van der Waals surface area contributed by atoms with Crippen molar-refractivity contribution in [1.29, 1.82) is 0 Å². The van der Waals surface area contributed by atoms with Gasteiger partial charge in [-0.1, -0.05) is 27.2 Å². The molecule has 2 N–H and O–H groups in total. The van der Waals surface area contributed by atoms with Gasteiger partial charge in [0.1, 0.15) is 5.82 Å². The molecule has 98 valence electrons. The van der Waals surface area contributed by atoms with E-state index in [4.69, 9.17) is 5.11 Å². The van der Waals surface area contributed by atoms with E-state index in [0.717, 1.165) is 25.0 Å². The highest BCUT2D eigenvalue weighted by Crippen LogP contribution is 2.46. The van der Waals surface area contributed by atoms with Crippen LogP contribution in [0.25, 0.3) is 0 Å². The molecule has 0 spiro atoms. The molecule has 0 aromatic carbocycles. The number of hydrogen-bond acceptors (Lipinski definition) is 3. The molecule has 0 bridgehead atoms. The summed E-state index contributed by atoms with van der Waals surface area (Å²) in [5.41, 5.74) is 1.46. The zero-order valence-electron chi connectivity index (χ0n) is 11.2. The van der Waals surface area contributed by atoms with Crippen LogP contribution in [0.1, 0.15) is 49.7 Å². The van der Waals surface area contributed by atoms with Crippen LogP contribution in [0.3, 0.4) is 0 Å². The fourth-order valence-corrected chi connectivity index (χ4v) is 2.06. The number of carboxylic acid groups (broad SMARTS) is 1. The molecule has 0 saturated heterocycles. The molecule has 1 aliphatic carbocycles. The van der Waals surface area contributed by atoms with Crippen LogP contribution in [0.15, 0.2) is 12.1 Å². The van der Waals surface area contributed by atoms with Crippen LogP contribution in [-0.4, -0.2) is 22.1 Å². The van der Waals surface area contributed by atoms with E-state index < -0.39 is 5.97 Å². The monoisotopic (exact) mass is 248 g/mol. The van der Waals surface area contributed by atoms with Gasteiger partial charge in [0.25, 0.3) is 0 Å². The number of hydrogen-bond donors (Lipinski definition) is 2. The number of nitrogens with zero attached hydrogens (tertiary/aromatic N) is 1. The van der Waals surface area contributed by atoms with Crippen molar-refractivity contribution in [3.05, 3.63) is 23.4 Å². The van der Waals surface area contributed by atoms with E-state index in [1.807, 2.05) is 0 Å². The lowest BCUT2D eigenvalue weighted by Gasteiger charge is -2.10. The maximum absolute atomic E-state index is 11.1. The van der Waals surface area contributed by atoms with Gasteiger partial charge in [-0.2, -0.15) is 0 Å². The molecule has 1 atom stereocenters. The number of rotatable bonds is 5. The Morgan fingerprint density at radius 3 is 2.72 bits per heavy atom. The van der Waals surface area contributed by atoms with Crippen LogP contribution in [0.5, 0.6) is 0 Å². The van der Waals surface area contributed by atoms with Gasteiger partial charge >= 0.3 is 5.97 Å². The first kappa shape index (κ1) is 12.9.